The number of hydrogen-bond donors (Lipinski definition) is 1. The lowest BCUT2D eigenvalue weighted by Gasteiger charge is -2.16. The monoisotopic (exact) mass is 373 g/mol. The summed E-state index contributed by atoms with van der Waals surface area (Å²) in [6.07, 6.45) is 1.17. The Kier molecular flexibility index (Phi) is 6.57. The molecule has 0 aliphatic rings. The zero-order valence-corrected chi connectivity index (χ0v) is 15.2. The Hall–Kier alpha value is -2.36. The number of amides is 1. The van der Waals surface area contributed by atoms with E-state index >= 15 is 0 Å². The molecule has 5 heteroatoms. The first kappa shape index (κ1) is 19.0. The molecule has 0 fully saturated rings. The first-order valence-corrected chi connectivity index (χ1v) is 8.34. The third-order valence-corrected chi connectivity index (χ3v) is 4.36. The molecular weight excluding hydrogens is 357 g/mol. The summed E-state index contributed by atoms with van der Waals surface area (Å²) in [5, 5.41) is 3.49. The molecule has 0 aromatic heterocycles. The zero-order valence-electron chi connectivity index (χ0n) is 13.7. The number of carbonyl (C=O) groups is 2. The number of ketones is 1. The average Bonchev–Trinajstić information content (AvgIpc) is 2.61. The van der Waals surface area contributed by atoms with Crippen LogP contribution in [-0.4, -0.2) is 18.2 Å². The van der Waals surface area contributed by atoms with Crippen LogP contribution in [0.25, 0.3) is 5.57 Å². The van der Waals surface area contributed by atoms with Crippen LogP contribution in [0.5, 0.6) is 0 Å². The van der Waals surface area contributed by atoms with Crippen LogP contribution in [0.15, 0.2) is 66.8 Å². The smallest absolute Gasteiger partial charge is 0.243 e. The highest BCUT2D eigenvalue weighted by Gasteiger charge is 2.17. The highest BCUT2D eigenvalue weighted by Crippen LogP contribution is 2.32. The summed E-state index contributed by atoms with van der Waals surface area (Å²) in [5.41, 5.74) is 2.77. The predicted octanol–water partition coefficient (Wildman–Crippen LogP) is 4.69. The topological polar surface area (TPSA) is 46.2 Å². The standard InChI is InChI=1S/C20H17Cl2NO2/c1-3-19(25)23-12-16(13(2)24)20(14-7-5-4-6-8-14)15-9-10-17(21)18(22)11-15/h3-11H,1,12H2,2H3,(H,23,25)/b20-16-. The number of nitrogens with one attached hydrogen (secondary N) is 1. The molecule has 0 radical (unpaired) electrons. The largest absolute Gasteiger partial charge is 0.348 e. The number of benzene rings is 2. The van der Waals surface area contributed by atoms with Gasteiger partial charge in [-0.05, 0) is 41.8 Å². The Morgan fingerprint density at radius 1 is 1.04 bits per heavy atom. The molecule has 0 unspecified atom stereocenters. The molecule has 0 aliphatic carbocycles. The molecule has 0 spiro atoms. The van der Waals surface area contributed by atoms with Crippen LogP contribution in [0.3, 0.4) is 0 Å². The van der Waals surface area contributed by atoms with Gasteiger partial charge in [0.25, 0.3) is 0 Å². The summed E-state index contributed by atoms with van der Waals surface area (Å²) >= 11 is 12.2. The molecule has 0 saturated heterocycles. The number of rotatable bonds is 6. The van der Waals surface area contributed by atoms with Gasteiger partial charge in [-0.1, -0.05) is 66.2 Å². The predicted molar refractivity (Wildman–Crippen MR) is 103 cm³/mol. The van der Waals surface area contributed by atoms with E-state index in [1.807, 2.05) is 30.3 Å². The fourth-order valence-corrected chi connectivity index (χ4v) is 2.71. The lowest BCUT2D eigenvalue weighted by molar-refractivity contribution is -0.116. The van der Waals surface area contributed by atoms with E-state index < -0.39 is 0 Å². The maximum Gasteiger partial charge on any atom is 0.243 e. The number of Topliss-reactive ketones (excluding diaryl/α,β-unsaturated/α-hetero) is 1. The Labute approximate surface area is 157 Å². The second kappa shape index (κ2) is 8.65. The third kappa shape index (κ3) is 4.81. The molecule has 2 aromatic rings. The minimum Gasteiger partial charge on any atom is -0.348 e. The number of carbonyl (C=O) groups excluding carboxylic acids is 2. The zero-order chi connectivity index (χ0) is 18.4. The molecule has 128 valence electrons. The molecule has 0 atom stereocenters. The van der Waals surface area contributed by atoms with Crippen molar-refractivity contribution in [2.24, 2.45) is 0 Å². The Morgan fingerprint density at radius 2 is 1.72 bits per heavy atom. The molecule has 1 amide bonds. The normalized spacial score (nSPS) is 11.5. The summed E-state index contributed by atoms with van der Waals surface area (Å²) < 4.78 is 0. The van der Waals surface area contributed by atoms with Gasteiger partial charge in [0.1, 0.15) is 0 Å². The second-order valence-electron chi connectivity index (χ2n) is 5.33. The van der Waals surface area contributed by atoms with Crippen LogP contribution >= 0.6 is 23.2 Å². The van der Waals surface area contributed by atoms with Gasteiger partial charge in [0.15, 0.2) is 5.78 Å². The van der Waals surface area contributed by atoms with Gasteiger partial charge >= 0.3 is 0 Å². The first-order valence-electron chi connectivity index (χ1n) is 7.59. The highest BCUT2D eigenvalue weighted by atomic mass is 35.5. The fourth-order valence-electron chi connectivity index (χ4n) is 2.41. The van der Waals surface area contributed by atoms with Crippen molar-refractivity contribution in [1.82, 2.24) is 5.32 Å². The lowest BCUT2D eigenvalue weighted by atomic mass is 9.91. The van der Waals surface area contributed by atoms with Gasteiger partial charge < -0.3 is 5.32 Å². The van der Waals surface area contributed by atoms with E-state index in [0.29, 0.717) is 21.2 Å². The number of hydrogen-bond acceptors (Lipinski definition) is 2. The van der Waals surface area contributed by atoms with Crippen molar-refractivity contribution in [3.8, 4) is 0 Å². The van der Waals surface area contributed by atoms with Crippen LogP contribution in [0, 0.1) is 0 Å². The van der Waals surface area contributed by atoms with E-state index in [-0.39, 0.29) is 18.2 Å². The maximum atomic E-state index is 12.3. The maximum absolute atomic E-state index is 12.3. The highest BCUT2D eigenvalue weighted by molar-refractivity contribution is 6.42. The molecule has 0 bridgehead atoms. The molecule has 0 heterocycles. The quantitative estimate of drug-likeness (QED) is 0.746. The van der Waals surface area contributed by atoms with E-state index in [2.05, 4.69) is 11.9 Å². The van der Waals surface area contributed by atoms with E-state index in [1.165, 1.54) is 13.0 Å². The lowest BCUT2D eigenvalue weighted by Crippen LogP contribution is -2.26. The SMILES string of the molecule is C=CC(=O)NC/C(C(C)=O)=C(\c1ccccc1)c1ccc(Cl)c(Cl)c1. The van der Waals surface area contributed by atoms with Gasteiger partial charge in [-0.25, -0.2) is 0 Å². The Balaban J connectivity index is 2.65. The van der Waals surface area contributed by atoms with Crippen LogP contribution in [-0.2, 0) is 9.59 Å². The van der Waals surface area contributed by atoms with Gasteiger partial charge in [0.05, 0.1) is 10.0 Å². The molecule has 2 rings (SSSR count). The van der Waals surface area contributed by atoms with Crippen LogP contribution < -0.4 is 5.32 Å². The van der Waals surface area contributed by atoms with Crippen LogP contribution in [0.4, 0.5) is 0 Å². The van der Waals surface area contributed by atoms with Crippen molar-refractivity contribution in [3.05, 3.63) is 87.9 Å². The Bertz CT molecular complexity index is 842. The molecule has 0 aliphatic heterocycles. The summed E-state index contributed by atoms with van der Waals surface area (Å²) in [5.74, 6) is -0.491. The summed E-state index contributed by atoms with van der Waals surface area (Å²) in [6.45, 7) is 4.98. The van der Waals surface area contributed by atoms with Crippen LogP contribution in [0.1, 0.15) is 18.1 Å². The molecule has 2 aromatic carbocycles. The van der Waals surface area contributed by atoms with Crippen molar-refractivity contribution in [2.45, 2.75) is 6.92 Å². The third-order valence-electron chi connectivity index (χ3n) is 3.62. The van der Waals surface area contributed by atoms with E-state index in [0.717, 1.165) is 11.1 Å². The minimum atomic E-state index is -0.347. The van der Waals surface area contributed by atoms with Crippen molar-refractivity contribution < 1.29 is 9.59 Å². The van der Waals surface area contributed by atoms with Gasteiger partial charge in [-0.3, -0.25) is 9.59 Å². The van der Waals surface area contributed by atoms with Gasteiger partial charge in [-0.15, -0.1) is 0 Å². The fraction of sp³-hybridized carbons (Fsp3) is 0.100. The van der Waals surface area contributed by atoms with E-state index in [9.17, 15) is 9.59 Å². The van der Waals surface area contributed by atoms with E-state index in [4.69, 9.17) is 23.2 Å². The first-order chi connectivity index (χ1) is 11.9. The van der Waals surface area contributed by atoms with Gasteiger partial charge in [0, 0.05) is 12.1 Å². The van der Waals surface area contributed by atoms with E-state index in [1.54, 1.807) is 18.2 Å². The summed E-state index contributed by atoms with van der Waals surface area (Å²) in [7, 11) is 0. The average molecular weight is 374 g/mol. The molecule has 3 nitrogen and oxygen atoms in total. The minimum absolute atomic E-state index is 0.0880. The molecule has 25 heavy (non-hydrogen) atoms. The molecule has 0 saturated carbocycles. The van der Waals surface area contributed by atoms with Crippen molar-refractivity contribution >= 4 is 40.5 Å². The molecular formula is C20H17Cl2NO2. The molecule has 1 N–H and O–H groups in total. The number of halogens is 2. The van der Waals surface area contributed by atoms with Crippen molar-refractivity contribution in [1.29, 1.82) is 0 Å². The van der Waals surface area contributed by atoms with Gasteiger partial charge in [-0.2, -0.15) is 0 Å². The van der Waals surface area contributed by atoms with Crippen LogP contribution in [0.2, 0.25) is 10.0 Å². The Morgan fingerprint density at radius 3 is 2.28 bits per heavy atom. The second-order valence-corrected chi connectivity index (χ2v) is 6.14. The van der Waals surface area contributed by atoms with Crippen molar-refractivity contribution in [2.75, 3.05) is 6.54 Å². The summed E-state index contributed by atoms with van der Waals surface area (Å²) in [4.78, 5) is 23.8. The van der Waals surface area contributed by atoms with Gasteiger partial charge in [0.2, 0.25) is 5.91 Å². The summed E-state index contributed by atoms with van der Waals surface area (Å²) in [6, 6.07) is 14.6. The van der Waals surface area contributed by atoms with Crippen molar-refractivity contribution in [3.63, 3.8) is 0 Å².